The summed E-state index contributed by atoms with van der Waals surface area (Å²) >= 11 is 0. The Morgan fingerprint density at radius 3 is 2.87 bits per heavy atom. The van der Waals surface area contributed by atoms with E-state index < -0.39 is 0 Å². The number of nitrogens with one attached hydrogen (secondary N) is 2. The molecule has 2 N–H and O–H groups in total. The highest BCUT2D eigenvalue weighted by atomic mass is 14.9. The molecule has 0 bridgehead atoms. The van der Waals surface area contributed by atoms with E-state index >= 15 is 0 Å². The molecule has 0 aromatic heterocycles. The first kappa shape index (κ1) is 9.22. The van der Waals surface area contributed by atoms with Gasteiger partial charge in [-0.25, -0.2) is 0 Å². The molecule has 2 heterocycles. The van der Waals surface area contributed by atoms with Gasteiger partial charge in [0.2, 0.25) is 0 Å². The fourth-order valence-corrected chi connectivity index (χ4v) is 3.08. The summed E-state index contributed by atoms with van der Waals surface area (Å²) in [6.45, 7) is 3.47. The third-order valence-corrected chi connectivity index (χ3v) is 3.89. The minimum atomic E-state index is 0.417. The summed E-state index contributed by atoms with van der Waals surface area (Å²) in [6, 6.07) is 8.81. The molecule has 1 aromatic rings. The highest BCUT2D eigenvalue weighted by molar-refractivity contribution is 5.57. The largest absolute Gasteiger partial charge is 0.385 e. The van der Waals surface area contributed by atoms with Crippen LogP contribution in [0.25, 0.3) is 0 Å². The second kappa shape index (κ2) is 3.53. The normalized spacial score (nSPS) is 29.6. The zero-order valence-electron chi connectivity index (χ0n) is 9.05. The summed E-state index contributed by atoms with van der Waals surface area (Å²) < 4.78 is 0. The Morgan fingerprint density at radius 2 is 2.00 bits per heavy atom. The van der Waals surface area contributed by atoms with Crippen molar-refractivity contribution in [2.24, 2.45) is 0 Å². The van der Waals surface area contributed by atoms with Crippen LogP contribution in [0.3, 0.4) is 0 Å². The van der Waals surface area contributed by atoms with Gasteiger partial charge in [0.15, 0.2) is 0 Å². The first-order chi connectivity index (χ1) is 7.41. The van der Waals surface area contributed by atoms with Gasteiger partial charge in [0.25, 0.3) is 0 Å². The molecule has 3 rings (SSSR count). The molecule has 2 heteroatoms. The Bertz CT molecular complexity index is 353. The Kier molecular flexibility index (Phi) is 2.17. The molecular weight excluding hydrogens is 184 g/mol. The molecular formula is C13H18N2. The van der Waals surface area contributed by atoms with E-state index in [-0.39, 0.29) is 0 Å². The van der Waals surface area contributed by atoms with E-state index in [1.54, 1.807) is 0 Å². The van der Waals surface area contributed by atoms with Crippen LogP contribution in [0.15, 0.2) is 24.3 Å². The number of fused-ring (bicyclic) bond motifs is 2. The number of rotatable bonds is 0. The van der Waals surface area contributed by atoms with Gasteiger partial charge in [-0.3, -0.25) is 0 Å². The van der Waals surface area contributed by atoms with Crippen LogP contribution in [0.2, 0.25) is 0 Å². The van der Waals surface area contributed by atoms with Crippen molar-refractivity contribution in [3.05, 3.63) is 29.8 Å². The summed E-state index contributed by atoms with van der Waals surface area (Å²) in [4.78, 5) is 0. The molecule has 1 aromatic carbocycles. The average Bonchev–Trinajstić information content (AvgIpc) is 2.31. The zero-order valence-corrected chi connectivity index (χ0v) is 9.05. The molecule has 15 heavy (non-hydrogen) atoms. The van der Waals surface area contributed by atoms with Gasteiger partial charge in [0.1, 0.15) is 0 Å². The van der Waals surface area contributed by atoms with Gasteiger partial charge in [0.05, 0.1) is 0 Å². The van der Waals surface area contributed by atoms with Crippen LogP contribution in [0.1, 0.15) is 24.8 Å². The molecule has 1 fully saturated rings. The van der Waals surface area contributed by atoms with E-state index in [0.29, 0.717) is 5.41 Å². The molecule has 1 spiro atoms. The number of piperidine rings is 1. The molecule has 2 nitrogen and oxygen atoms in total. The Labute approximate surface area is 91.1 Å². The lowest BCUT2D eigenvalue weighted by Gasteiger charge is -2.42. The van der Waals surface area contributed by atoms with Crippen molar-refractivity contribution in [3.63, 3.8) is 0 Å². The first-order valence-electron chi connectivity index (χ1n) is 5.95. The zero-order chi connectivity index (χ0) is 10.1. The number of anilines is 1. The van der Waals surface area contributed by atoms with E-state index in [4.69, 9.17) is 0 Å². The standard InChI is InChI=1S/C13H18N2/c1-2-5-12-11(4-1)13(7-9-15-12)6-3-8-14-10-13/h1-2,4-5,14-15H,3,6-10H2. The van der Waals surface area contributed by atoms with Crippen molar-refractivity contribution in [2.45, 2.75) is 24.7 Å². The summed E-state index contributed by atoms with van der Waals surface area (Å²) in [5.41, 5.74) is 3.30. The predicted octanol–water partition coefficient (Wildman–Crippen LogP) is 2.12. The van der Waals surface area contributed by atoms with Crippen LogP contribution < -0.4 is 10.6 Å². The van der Waals surface area contributed by atoms with Crippen molar-refractivity contribution >= 4 is 5.69 Å². The molecule has 2 aliphatic heterocycles. The maximum Gasteiger partial charge on any atom is 0.0378 e. The van der Waals surface area contributed by atoms with Crippen LogP contribution in [-0.4, -0.2) is 19.6 Å². The van der Waals surface area contributed by atoms with Gasteiger partial charge in [0, 0.05) is 24.2 Å². The molecule has 0 aliphatic carbocycles. The van der Waals surface area contributed by atoms with Crippen molar-refractivity contribution in [2.75, 3.05) is 25.0 Å². The van der Waals surface area contributed by atoms with Crippen LogP contribution in [0, 0.1) is 0 Å². The van der Waals surface area contributed by atoms with Gasteiger partial charge >= 0.3 is 0 Å². The van der Waals surface area contributed by atoms with E-state index in [2.05, 4.69) is 34.9 Å². The molecule has 1 unspecified atom stereocenters. The smallest absolute Gasteiger partial charge is 0.0378 e. The van der Waals surface area contributed by atoms with Crippen LogP contribution >= 0.6 is 0 Å². The predicted molar refractivity (Wildman–Crippen MR) is 63.3 cm³/mol. The Hall–Kier alpha value is -1.02. The Morgan fingerprint density at radius 1 is 1.07 bits per heavy atom. The van der Waals surface area contributed by atoms with Crippen molar-refractivity contribution in [1.82, 2.24) is 5.32 Å². The van der Waals surface area contributed by atoms with Crippen molar-refractivity contribution in [1.29, 1.82) is 0 Å². The SMILES string of the molecule is c1ccc2c(c1)NCCC21CCCNC1. The molecule has 0 saturated carbocycles. The summed E-state index contributed by atoms with van der Waals surface area (Å²) in [6.07, 6.45) is 3.93. The quantitative estimate of drug-likeness (QED) is 0.673. The van der Waals surface area contributed by atoms with Gasteiger partial charge in [-0.05, 0) is 37.4 Å². The molecule has 0 radical (unpaired) electrons. The van der Waals surface area contributed by atoms with Gasteiger partial charge < -0.3 is 10.6 Å². The van der Waals surface area contributed by atoms with E-state index in [9.17, 15) is 0 Å². The first-order valence-corrected chi connectivity index (χ1v) is 5.95. The number of benzene rings is 1. The lowest BCUT2D eigenvalue weighted by molar-refractivity contribution is 0.294. The fraction of sp³-hybridized carbons (Fsp3) is 0.538. The second-order valence-electron chi connectivity index (χ2n) is 4.78. The lowest BCUT2D eigenvalue weighted by Crippen LogP contribution is -2.46. The minimum Gasteiger partial charge on any atom is -0.385 e. The monoisotopic (exact) mass is 202 g/mol. The average molecular weight is 202 g/mol. The molecule has 0 amide bonds. The van der Waals surface area contributed by atoms with Gasteiger partial charge in [-0.1, -0.05) is 18.2 Å². The molecule has 1 saturated heterocycles. The number of hydrogen-bond donors (Lipinski definition) is 2. The number of hydrogen-bond acceptors (Lipinski definition) is 2. The van der Waals surface area contributed by atoms with Gasteiger partial charge in [-0.2, -0.15) is 0 Å². The minimum absolute atomic E-state index is 0.417. The fourth-order valence-electron chi connectivity index (χ4n) is 3.08. The summed E-state index contributed by atoms with van der Waals surface area (Å²) in [7, 11) is 0. The van der Waals surface area contributed by atoms with Crippen LogP contribution in [0.4, 0.5) is 5.69 Å². The highest BCUT2D eigenvalue weighted by Crippen LogP contribution is 2.41. The van der Waals surface area contributed by atoms with Gasteiger partial charge in [-0.15, -0.1) is 0 Å². The summed E-state index contributed by atoms with van der Waals surface area (Å²) in [5, 5.41) is 7.06. The highest BCUT2D eigenvalue weighted by Gasteiger charge is 2.37. The Balaban J connectivity index is 2.04. The maximum atomic E-state index is 3.56. The molecule has 80 valence electrons. The van der Waals surface area contributed by atoms with E-state index in [1.165, 1.54) is 37.1 Å². The molecule has 1 atom stereocenters. The van der Waals surface area contributed by atoms with Crippen molar-refractivity contribution < 1.29 is 0 Å². The second-order valence-corrected chi connectivity index (χ2v) is 4.78. The van der Waals surface area contributed by atoms with Crippen LogP contribution in [-0.2, 0) is 5.41 Å². The molecule has 2 aliphatic rings. The van der Waals surface area contributed by atoms with E-state index in [1.807, 2.05) is 0 Å². The third kappa shape index (κ3) is 1.44. The van der Waals surface area contributed by atoms with Crippen LogP contribution in [0.5, 0.6) is 0 Å². The lowest BCUT2D eigenvalue weighted by atomic mass is 9.70. The maximum absolute atomic E-state index is 3.56. The third-order valence-electron chi connectivity index (χ3n) is 3.89. The van der Waals surface area contributed by atoms with E-state index in [0.717, 1.165) is 13.1 Å². The summed E-state index contributed by atoms with van der Waals surface area (Å²) in [5.74, 6) is 0. The topological polar surface area (TPSA) is 24.1 Å². The number of para-hydroxylation sites is 1. The van der Waals surface area contributed by atoms with Crippen molar-refractivity contribution in [3.8, 4) is 0 Å².